The number of aromatic nitrogens is 2. The zero-order chi connectivity index (χ0) is 11.9. The Kier molecular flexibility index (Phi) is 2.60. The van der Waals surface area contributed by atoms with E-state index in [2.05, 4.69) is 15.5 Å². The van der Waals surface area contributed by atoms with Crippen molar-refractivity contribution < 1.29 is 14.0 Å². The summed E-state index contributed by atoms with van der Waals surface area (Å²) in [5.41, 5.74) is 0. The lowest BCUT2D eigenvalue weighted by Gasteiger charge is -2.20. The van der Waals surface area contributed by atoms with Crippen LogP contribution in [0.25, 0.3) is 0 Å². The van der Waals surface area contributed by atoms with Gasteiger partial charge in [-0.15, -0.1) is 0 Å². The van der Waals surface area contributed by atoms with E-state index >= 15 is 0 Å². The predicted octanol–water partition coefficient (Wildman–Crippen LogP) is 0.765. The highest BCUT2D eigenvalue weighted by atomic mass is 16.5. The average Bonchev–Trinajstić information content (AvgIpc) is 3.15. The van der Waals surface area contributed by atoms with E-state index in [0.29, 0.717) is 30.6 Å². The van der Waals surface area contributed by atoms with Crippen LogP contribution in [0.1, 0.15) is 42.9 Å². The minimum absolute atomic E-state index is 0.0412. The molecule has 4 heterocycles. The Hall–Kier alpha value is -0.980. The molecule has 4 rings (SSSR count). The molecule has 6 heteroatoms. The molecule has 1 aromatic heterocycles. The third kappa shape index (κ3) is 1.75. The molecular formula is C12H17N3O3. The van der Waals surface area contributed by atoms with Crippen molar-refractivity contribution in [2.75, 3.05) is 19.8 Å². The van der Waals surface area contributed by atoms with Crippen molar-refractivity contribution >= 4 is 0 Å². The number of morpholine rings is 1. The van der Waals surface area contributed by atoms with Crippen molar-refractivity contribution in [2.45, 2.75) is 43.4 Å². The van der Waals surface area contributed by atoms with Crippen LogP contribution in [0.4, 0.5) is 0 Å². The number of nitrogens with zero attached hydrogens (tertiary/aromatic N) is 2. The van der Waals surface area contributed by atoms with Gasteiger partial charge < -0.3 is 19.3 Å². The van der Waals surface area contributed by atoms with Gasteiger partial charge >= 0.3 is 0 Å². The molecule has 0 radical (unpaired) electrons. The molecule has 0 aliphatic carbocycles. The first-order valence-electron chi connectivity index (χ1n) is 6.70. The van der Waals surface area contributed by atoms with Gasteiger partial charge in [-0.05, 0) is 19.3 Å². The Morgan fingerprint density at radius 3 is 3.00 bits per heavy atom. The summed E-state index contributed by atoms with van der Waals surface area (Å²) in [7, 11) is 0. The van der Waals surface area contributed by atoms with E-state index in [1.54, 1.807) is 0 Å². The van der Waals surface area contributed by atoms with Crippen molar-refractivity contribution in [3.63, 3.8) is 0 Å². The Labute approximate surface area is 105 Å². The van der Waals surface area contributed by atoms with Crippen LogP contribution in [0.3, 0.4) is 0 Å². The molecule has 98 valence electrons. The molecule has 4 unspecified atom stereocenters. The lowest BCUT2D eigenvalue weighted by molar-refractivity contribution is 0.0659. The zero-order valence-electron chi connectivity index (χ0n) is 10.2. The van der Waals surface area contributed by atoms with Gasteiger partial charge in [-0.2, -0.15) is 4.98 Å². The third-order valence-corrected chi connectivity index (χ3v) is 4.11. The first-order valence-corrected chi connectivity index (χ1v) is 6.70. The number of fused-ring (bicyclic) bond motifs is 2. The molecule has 0 aromatic carbocycles. The van der Waals surface area contributed by atoms with Crippen LogP contribution < -0.4 is 5.32 Å². The first kappa shape index (κ1) is 10.9. The van der Waals surface area contributed by atoms with E-state index in [1.165, 1.54) is 6.42 Å². The van der Waals surface area contributed by atoms with Gasteiger partial charge in [0.05, 0.1) is 31.3 Å². The first-order chi connectivity index (χ1) is 8.90. The van der Waals surface area contributed by atoms with E-state index in [4.69, 9.17) is 14.0 Å². The second-order valence-electron chi connectivity index (χ2n) is 5.29. The highest BCUT2D eigenvalue weighted by Gasteiger charge is 2.43. The smallest absolute Gasteiger partial charge is 0.246 e. The molecule has 1 N–H and O–H groups in total. The molecule has 6 nitrogen and oxygen atoms in total. The Morgan fingerprint density at radius 2 is 2.28 bits per heavy atom. The fraction of sp³-hybridized carbons (Fsp3) is 0.833. The maximum atomic E-state index is 5.83. The molecule has 0 saturated carbocycles. The average molecular weight is 251 g/mol. The van der Waals surface area contributed by atoms with Crippen LogP contribution in [0, 0.1) is 0 Å². The summed E-state index contributed by atoms with van der Waals surface area (Å²) in [6.07, 6.45) is 4.07. The highest BCUT2D eigenvalue weighted by Crippen LogP contribution is 2.43. The minimum Gasteiger partial charge on any atom is -0.378 e. The normalized spacial score (nSPS) is 39.3. The van der Waals surface area contributed by atoms with Gasteiger partial charge in [0.15, 0.2) is 5.82 Å². The van der Waals surface area contributed by atoms with E-state index in [0.717, 1.165) is 31.8 Å². The summed E-state index contributed by atoms with van der Waals surface area (Å²) in [5.74, 6) is 1.78. The van der Waals surface area contributed by atoms with E-state index in [-0.39, 0.29) is 6.04 Å². The number of hydrogen-bond acceptors (Lipinski definition) is 6. The van der Waals surface area contributed by atoms with Crippen LogP contribution in [-0.4, -0.2) is 42.1 Å². The molecule has 4 atom stereocenters. The van der Waals surface area contributed by atoms with Crippen LogP contribution >= 0.6 is 0 Å². The van der Waals surface area contributed by atoms with Crippen molar-refractivity contribution in [2.24, 2.45) is 0 Å². The molecule has 1 aromatic rings. The highest BCUT2D eigenvalue weighted by molar-refractivity contribution is 5.08. The largest absolute Gasteiger partial charge is 0.378 e. The maximum absolute atomic E-state index is 5.83. The van der Waals surface area contributed by atoms with Crippen molar-refractivity contribution in [1.29, 1.82) is 0 Å². The quantitative estimate of drug-likeness (QED) is 0.837. The Balaban J connectivity index is 1.51. The molecular weight excluding hydrogens is 234 g/mol. The van der Waals surface area contributed by atoms with Crippen molar-refractivity contribution in [3.8, 4) is 0 Å². The maximum Gasteiger partial charge on any atom is 0.246 e. The molecule has 3 saturated heterocycles. The monoisotopic (exact) mass is 251 g/mol. The summed E-state index contributed by atoms with van der Waals surface area (Å²) in [6, 6.07) is 0.0412. The van der Waals surface area contributed by atoms with Gasteiger partial charge in [0.2, 0.25) is 5.89 Å². The standard InChI is InChI=1S/C12H17N3O3/c1-2-10-8(5-7(1)17-10)11-14-12(18-15-11)9-6-16-4-3-13-9/h7-10,13H,1-6H2. The SMILES string of the molecule is C1COCC(c2nc(C3CC4CCC3O4)no2)N1. The Morgan fingerprint density at radius 1 is 1.28 bits per heavy atom. The third-order valence-electron chi connectivity index (χ3n) is 4.11. The zero-order valence-corrected chi connectivity index (χ0v) is 10.2. The van der Waals surface area contributed by atoms with Gasteiger partial charge in [0.1, 0.15) is 6.04 Å². The molecule has 3 aliphatic heterocycles. The molecule has 3 aliphatic rings. The number of nitrogens with one attached hydrogen (secondary N) is 1. The van der Waals surface area contributed by atoms with Crippen molar-refractivity contribution in [3.05, 3.63) is 11.7 Å². The van der Waals surface area contributed by atoms with Gasteiger partial charge in [0, 0.05) is 6.54 Å². The second-order valence-corrected chi connectivity index (χ2v) is 5.29. The topological polar surface area (TPSA) is 69.4 Å². The predicted molar refractivity (Wildman–Crippen MR) is 61.1 cm³/mol. The summed E-state index contributed by atoms with van der Waals surface area (Å²) in [5, 5.41) is 7.45. The van der Waals surface area contributed by atoms with Gasteiger partial charge in [-0.1, -0.05) is 5.16 Å². The molecule has 0 spiro atoms. The van der Waals surface area contributed by atoms with Crippen LogP contribution in [0.15, 0.2) is 4.52 Å². The molecule has 3 fully saturated rings. The van der Waals surface area contributed by atoms with Gasteiger partial charge in [0.25, 0.3) is 0 Å². The number of rotatable bonds is 2. The second kappa shape index (κ2) is 4.29. The lowest BCUT2D eigenvalue weighted by Crippen LogP contribution is -2.34. The van der Waals surface area contributed by atoms with Crippen LogP contribution in [-0.2, 0) is 9.47 Å². The number of hydrogen-bond donors (Lipinski definition) is 1. The van der Waals surface area contributed by atoms with E-state index in [1.807, 2.05) is 0 Å². The molecule has 18 heavy (non-hydrogen) atoms. The number of ether oxygens (including phenoxy) is 2. The van der Waals surface area contributed by atoms with Gasteiger partial charge in [-0.3, -0.25) is 0 Å². The molecule has 0 amide bonds. The summed E-state index contributed by atoms with van der Waals surface area (Å²) < 4.78 is 16.6. The fourth-order valence-electron chi connectivity index (χ4n) is 3.17. The minimum atomic E-state index is 0.0412. The molecule has 2 bridgehead atoms. The van der Waals surface area contributed by atoms with Crippen LogP contribution in [0.5, 0.6) is 0 Å². The van der Waals surface area contributed by atoms with Crippen LogP contribution in [0.2, 0.25) is 0 Å². The Bertz CT molecular complexity index is 430. The summed E-state index contributed by atoms with van der Waals surface area (Å²) >= 11 is 0. The summed E-state index contributed by atoms with van der Waals surface area (Å²) in [4.78, 5) is 4.53. The lowest BCUT2D eigenvalue weighted by atomic mass is 9.89. The van der Waals surface area contributed by atoms with E-state index in [9.17, 15) is 0 Å². The summed E-state index contributed by atoms with van der Waals surface area (Å²) in [6.45, 7) is 2.19. The fourth-order valence-corrected chi connectivity index (χ4v) is 3.17. The van der Waals surface area contributed by atoms with Crippen molar-refractivity contribution in [1.82, 2.24) is 15.5 Å². The van der Waals surface area contributed by atoms with Gasteiger partial charge in [-0.25, -0.2) is 0 Å². The van der Waals surface area contributed by atoms with E-state index < -0.39 is 0 Å².